The average Bonchev–Trinajstić information content (AvgIpc) is 4.41. The summed E-state index contributed by atoms with van der Waals surface area (Å²) in [5.74, 6) is -3.50. The zero-order chi connectivity index (χ0) is 58.7. The third-order valence-electron chi connectivity index (χ3n) is 21.8. The number of carbonyl (C=O) groups is 2. The first-order valence-electron chi connectivity index (χ1n) is 32.9. The molecule has 3 aliphatic carbocycles. The van der Waals surface area contributed by atoms with E-state index in [0.29, 0.717) is 12.8 Å². The summed E-state index contributed by atoms with van der Waals surface area (Å²) < 4.78 is 32.2. The van der Waals surface area contributed by atoms with E-state index in [9.17, 15) is 35.1 Å². The second-order valence-electron chi connectivity index (χ2n) is 28.2. The minimum Gasteiger partial charge on any atom is -0.459 e. The Kier molecular flexibility index (Phi) is 26.0. The predicted octanol–water partition coefficient (Wildman–Crippen LogP) is 11.2. The maximum Gasteiger partial charge on any atom is 0.309 e. The lowest BCUT2D eigenvalue weighted by Gasteiger charge is -2.51. The Hall–Kier alpha value is -1.03. The van der Waals surface area contributed by atoms with Crippen LogP contribution in [0.5, 0.6) is 0 Å². The maximum absolute atomic E-state index is 14.8. The molecule has 3 heterocycles. The maximum atomic E-state index is 14.8. The van der Waals surface area contributed by atoms with E-state index >= 15 is 0 Å². The fraction of sp³-hybridized carbons (Fsp3) is 0.969. The molecule has 3 saturated carbocycles. The molecule has 0 spiro atoms. The van der Waals surface area contributed by atoms with E-state index in [1.54, 1.807) is 91.3 Å². The molecule has 3 aliphatic heterocycles. The van der Waals surface area contributed by atoms with Gasteiger partial charge in [0.2, 0.25) is 5.91 Å². The highest BCUT2D eigenvalue weighted by molar-refractivity contribution is 7.77. The number of rotatable bonds is 22. The normalized spacial score (nSPS) is 40.1. The Balaban J connectivity index is 1.12. The number of esters is 1. The van der Waals surface area contributed by atoms with Crippen LogP contribution in [0.1, 0.15) is 243 Å². The summed E-state index contributed by atoms with van der Waals surface area (Å²) in [5.41, 5.74) is -1.37. The number of likely N-dealkylation sites (N-methyl/N-ethyl adjacent to an activating group) is 1. The lowest BCUT2D eigenvalue weighted by atomic mass is 9.68. The third-order valence-corrected chi connectivity index (χ3v) is 28.5. The number of unbranched alkanes of at least 4 members (excludes halogenated alkanes) is 9. The molecule has 15 heteroatoms. The van der Waals surface area contributed by atoms with Crippen LogP contribution in [0.25, 0.3) is 0 Å². The predicted molar refractivity (Wildman–Crippen MR) is 321 cm³/mol. The molecule has 0 bridgehead atoms. The highest BCUT2D eigenvalue weighted by Gasteiger charge is 2.59. The van der Waals surface area contributed by atoms with Crippen LogP contribution in [0.15, 0.2) is 0 Å². The summed E-state index contributed by atoms with van der Waals surface area (Å²) in [4.78, 5) is 33.0. The van der Waals surface area contributed by atoms with Crippen molar-refractivity contribution in [2.24, 2.45) is 23.7 Å². The molecule has 6 fully saturated rings. The van der Waals surface area contributed by atoms with Crippen molar-refractivity contribution in [2.75, 3.05) is 33.9 Å². The summed E-state index contributed by atoms with van der Waals surface area (Å²) in [6.07, 6.45) is 24.4. The lowest BCUT2D eigenvalue weighted by Crippen LogP contribution is -2.61. The first-order chi connectivity index (χ1) is 37.8. The van der Waals surface area contributed by atoms with E-state index in [2.05, 4.69) is 0 Å². The van der Waals surface area contributed by atoms with Gasteiger partial charge in [0.1, 0.15) is 30.0 Å². The van der Waals surface area contributed by atoms with E-state index in [4.69, 9.17) is 23.7 Å². The van der Waals surface area contributed by atoms with Gasteiger partial charge < -0.3 is 59.0 Å². The zero-order valence-corrected chi connectivity index (χ0v) is 53.7. The molecule has 466 valence electrons. The molecule has 3 saturated heterocycles. The number of aliphatic hydroxyl groups excluding tert-OH is 3. The molecule has 14 nitrogen and oxygen atoms in total. The van der Waals surface area contributed by atoms with Gasteiger partial charge >= 0.3 is 5.97 Å². The molecule has 6 aliphatic rings. The number of methoxy groups -OCH3 is 1. The number of carbonyl (C=O) groups excluding carboxylic acids is 2. The fourth-order valence-electron chi connectivity index (χ4n) is 17.2. The number of hydrogen-bond donors (Lipinski definition) is 5. The van der Waals surface area contributed by atoms with Crippen LogP contribution >= 0.6 is 7.26 Å². The van der Waals surface area contributed by atoms with Crippen molar-refractivity contribution in [3.05, 3.63) is 0 Å². The molecular weight excluding hydrogens is 1030 g/mol. The Morgan fingerprint density at radius 1 is 0.738 bits per heavy atom. The minimum absolute atomic E-state index is 0.129. The molecule has 1 amide bonds. The van der Waals surface area contributed by atoms with Crippen LogP contribution in [0.2, 0.25) is 0 Å². The summed E-state index contributed by atoms with van der Waals surface area (Å²) >= 11 is 0. The number of ether oxygens (including phenoxy) is 5. The smallest absolute Gasteiger partial charge is 0.309 e. The molecule has 0 aromatic rings. The Bertz CT molecular complexity index is 1820. The second kappa shape index (κ2) is 30.5. The summed E-state index contributed by atoms with van der Waals surface area (Å²) in [6.45, 7) is 18.0. The van der Waals surface area contributed by atoms with E-state index in [-0.39, 0.29) is 56.2 Å². The number of aliphatic hydroxyl groups is 5. The van der Waals surface area contributed by atoms with Crippen molar-refractivity contribution >= 4 is 19.1 Å². The van der Waals surface area contributed by atoms with Gasteiger partial charge in [0.05, 0.1) is 70.7 Å². The van der Waals surface area contributed by atoms with Crippen LogP contribution in [-0.2, 0) is 33.3 Å². The third kappa shape index (κ3) is 16.3. The van der Waals surface area contributed by atoms with Gasteiger partial charge in [-0.3, -0.25) is 9.59 Å². The monoisotopic (exact) mass is 1150 g/mol. The number of amides is 1. The quantitative estimate of drug-likeness (QED) is 0.0392. The Morgan fingerprint density at radius 2 is 1.25 bits per heavy atom. The standard InChI is InChI=1S/C65H120N2O12P/c1-14-54-65(10,74)58(70)47(6)67(55(68)37-23-21-19-17-15-16-18-20-22-30-38-80(49-31-24-25-32-49,50-33-26-27-34-50)51-35-28-29-36-51)42-43(2)40-63(8,73)60(79-62-57(69)52(66(11)12)39-44(3)76-62)45(4)56(46(5)61(72)78-54)53-41-64(9,75-13)59(71)48(7)77-53/h43-54,56-60,62,69-71,73-74H,14-42H2,1-13H3/q+1/t43-,44-,45+,46-,47-,48+,52+,53-,54-,56?,57-,58-,59+,60-,62+,63-,64-,65-/m1/s1. The van der Waals surface area contributed by atoms with Gasteiger partial charge in [0, 0.05) is 45.7 Å². The topological polar surface area (TPSA) is 188 Å². The van der Waals surface area contributed by atoms with Crippen molar-refractivity contribution in [1.29, 1.82) is 0 Å². The van der Waals surface area contributed by atoms with Crippen LogP contribution in [-0.4, -0.2) is 182 Å². The van der Waals surface area contributed by atoms with Gasteiger partial charge in [-0.2, -0.15) is 0 Å². The van der Waals surface area contributed by atoms with Crippen LogP contribution in [0.3, 0.4) is 0 Å². The second-order valence-corrected chi connectivity index (χ2v) is 32.8. The van der Waals surface area contributed by atoms with Crippen LogP contribution in [0.4, 0.5) is 0 Å². The van der Waals surface area contributed by atoms with E-state index in [0.717, 1.165) is 36.2 Å². The first-order valence-corrected chi connectivity index (χ1v) is 35.1. The van der Waals surface area contributed by atoms with Gasteiger partial charge in [-0.1, -0.05) is 72.6 Å². The van der Waals surface area contributed by atoms with Crippen LogP contribution < -0.4 is 0 Å². The largest absolute Gasteiger partial charge is 0.459 e. The molecule has 0 aromatic heterocycles. The van der Waals surface area contributed by atoms with Crippen LogP contribution in [0, 0.1) is 23.7 Å². The summed E-state index contributed by atoms with van der Waals surface area (Å²) in [6, 6.07) is -1.18. The highest BCUT2D eigenvalue weighted by Crippen LogP contribution is 2.78. The Morgan fingerprint density at radius 3 is 1.75 bits per heavy atom. The molecule has 5 N–H and O–H groups in total. The van der Waals surface area contributed by atoms with Crippen molar-refractivity contribution in [3.63, 3.8) is 0 Å². The van der Waals surface area contributed by atoms with E-state index in [1.165, 1.54) is 84.0 Å². The summed E-state index contributed by atoms with van der Waals surface area (Å²) in [5, 5.41) is 60.9. The minimum atomic E-state index is -1.96. The highest BCUT2D eigenvalue weighted by atomic mass is 31.2. The number of cyclic esters (lactones) is 1. The van der Waals surface area contributed by atoms with Gasteiger partial charge in [-0.05, 0) is 183 Å². The van der Waals surface area contributed by atoms with Crippen molar-refractivity contribution in [2.45, 2.75) is 344 Å². The first kappa shape index (κ1) is 68.1. The molecule has 80 heavy (non-hydrogen) atoms. The molecule has 0 radical (unpaired) electrons. The average molecular weight is 1150 g/mol. The summed E-state index contributed by atoms with van der Waals surface area (Å²) in [7, 11) is 4.44. The van der Waals surface area contributed by atoms with E-state index in [1.807, 2.05) is 46.7 Å². The molecule has 6 rings (SSSR count). The lowest BCUT2D eigenvalue weighted by molar-refractivity contribution is -0.302. The molecular formula is C65H120N2O12P+. The van der Waals surface area contributed by atoms with Crippen molar-refractivity contribution < 1.29 is 58.8 Å². The zero-order valence-electron chi connectivity index (χ0n) is 52.8. The van der Waals surface area contributed by atoms with Gasteiger partial charge in [-0.25, -0.2) is 0 Å². The molecule has 1 unspecified atom stereocenters. The van der Waals surface area contributed by atoms with Gasteiger partial charge in [0.15, 0.2) is 6.29 Å². The van der Waals surface area contributed by atoms with E-state index < -0.39 is 103 Å². The van der Waals surface area contributed by atoms with Gasteiger partial charge in [-0.15, -0.1) is 0 Å². The SMILES string of the molecule is CC[C@H]1OC(=O)[C@H](C)C([C@H]2C[C@@](C)(OC)[C@@H](O)[C@H](C)O2)[C@H](C)[C@@H](O[C@@H]2O[C@H](C)C[C@H](N(C)C)[C@H]2O)[C@](C)(O)C[C@@H](C)CN(C(=O)CCCCCCCCCCCC[P+](C2CCCC2)(C2CCCC2)C2CCCC2)[C@H](C)[C@@H](O)[C@]1(C)O. The number of nitrogens with zero attached hydrogens (tertiary/aromatic N) is 2. The van der Waals surface area contributed by atoms with Crippen molar-refractivity contribution in [3.8, 4) is 0 Å². The fourth-order valence-corrected chi connectivity index (χ4v) is 24.8. The number of hydrogen-bond acceptors (Lipinski definition) is 13. The van der Waals surface area contributed by atoms with Crippen molar-refractivity contribution in [1.82, 2.24) is 9.80 Å². The molecule has 0 aromatic carbocycles. The molecule has 18 atom stereocenters. The van der Waals surface area contributed by atoms with Gasteiger partial charge in [0.25, 0.3) is 0 Å². The Labute approximate surface area is 487 Å².